The molecule has 3 aromatic rings. The monoisotopic (exact) mass is 375 g/mol. The maximum Gasteiger partial charge on any atom is 0.243 e. The van der Waals surface area contributed by atoms with Gasteiger partial charge in [0.1, 0.15) is 5.82 Å². The van der Waals surface area contributed by atoms with Crippen LogP contribution in [-0.4, -0.2) is 22.0 Å². The third-order valence-electron chi connectivity index (χ3n) is 4.86. The normalized spacial score (nSPS) is 12.0. The molecule has 0 radical (unpaired) electrons. The lowest BCUT2D eigenvalue weighted by Gasteiger charge is -2.19. The molecular formula is C24H29N3O. The van der Waals surface area contributed by atoms with Gasteiger partial charge in [-0.3, -0.25) is 4.79 Å². The van der Waals surface area contributed by atoms with Gasteiger partial charge in [-0.1, -0.05) is 63.2 Å². The van der Waals surface area contributed by atoms with Gasteiger partial charge in [0, 0.05) is 19.5 Å². The number of para-hydroxylation sites is 2. The first-order valence-corrected chi connectivity index (χ1v) is 9.82. The maximum atomic E-state index is 11.7. The fraction of sp³-hybridized carbons (Fsp3) is 0.333. The predicted octanol–water partition coefficient (Wildman–Crippen LogP) is 4.62. The van der Waals surface area contributed by atoms with Gasteiger partial charge in [0.25, 0.3) is 0 Å². The number of rotatable bonds is 6. The van der Waals surface area contributed by atoms with Crippen molar-refractivity contribution in [2.24, 2.45) is 0 Å². The molecule has 28 heavy (non-hydrogen) atoms. The van der Waals surface area contributed by atoms with Gasteiger partial charge in [0.15, 0.2) is 0 Å². The smallest absolute Gasteiger partial charge is 0.243 e. The molecule has 1 N–H and O–H groups in total. The molecule has 0 fully saturated rings. The number of nitrogens with one attached hydrogen (secondary N) is 1. The van der Waals surface area contributed by atoms with E-state index in [1.165, 1.54) is 11.1 Å². The quantitative estimate of drug-likeness (QED) is 0.639. The van der Waals surface area contributed by atoms with E-state index in [-0.39, 0.29) is 11.3 Å². The average molecular weight is 376 g/mol. The van der Waals surface area contributed by atoms with E-state index >= 15 is 0 Å². The molecule has 0 bridgehead atoms. The number of hydrogen-bond donors (Lipinski definition) is 1. The SMILES string of the molecule is C/C=C/C(=O)NCCc1nc2ccccc2n1Cc1ccc(C(C)(C)C)cc1. The fourth-order valence-corrected chi connectivity index (χ4v) is 3.29. The minimum Gasteiger partial charge on any atom is -0.352 e. The predicted molar refractivity (Wildman–Crippen MR) is 116 cm³/mol. The van der Waals surface area contributed by atoms with Gasteiger partial charge in [-0.15, -0.1) is 0 Å². The maximum absolute atomic E-state index is 11.7. The second-order valence-corrected chi connectivity index (χ2v) is 8.09. The van der Waals surface area contributed by atoms with Gasteiger partial charge in [-0.05, 0) is 41.7 Å². The van der Waals surface area contributed by atoms with E-state index in [1.54, 1.807) is 12.2 Å². The molecular weight excluding hydrogens is 346 g/mol. The van der Waals surface area contributed by atoms with Crippen LogP contribution in [0.2, 0.25) is 0 Å². The Balaban J connectivity index is 1.83. The Morgan fingerprint density at radius 2 is 1.82 bits per heavy atom. The highest BCUT2D eigenvalue weighted by atomic mass is 16.1. The minimum absolute atomic E-state index is 0.0667. The first kappa shape index (κ1) is 19.9. The summed E-state index contributed by atoms with van der Waals surface area (Å²) in [6.45, 7) is 9.85. The highest BCUT2D eigenvalue weighted by Crippen LogP contribution is 2.23. The van der Waals surface area contributed by atoms with Crippen molar-refractivity contribution in [2.75, 3.05) is 6.54 Å². The molecule has 1 aromatic heterocycles. The zero-order chi connectivity index (χ0) is 20.1. The standard InChI is InChI=1S/C24H29N3O/c1-5-8-23(28)25-16-15-22-26-20-9-6-7-10-21(20)27(22)17-18-11-13-19(14-12-18)24(2,3)4/h5-14H,15-17H2,1-4H3,(H,25,28)/b8-5+. The van der Waals surface area contributed by atoms with E-state index in [0.717, 1.165) is 23.4 Å². The molecule has 146 valence electrons. The third-order valence-corrected chi connectivity index (χ3v) is 4.86. The van der Waals surface area contributed by atoms with Crippen LogP contribution in [0.3, 0.4) is 0 Å². The van der Waals surface area contributed by atoms with E-state index in [2.05, 4.69) is 61.0 Å². The van der Waals surface area contributed by atoms with Crippen LogP contribution in [0.1, 0.15) is 44.6 Å². The molecule has 2 aromatic carbocycles. The minimum atomic E-state index is -0.0667. The molecule has 0 aliphatic heterocycles. The largest absolute Gasteiger partial charge is 0.352 e. The van der Waals surface area contributed by atoms with Gasteiger partial charge in [0.05, 0.1) is 11.0 Å². The Morgan fingerprint density at radius 1 is 1.11 bits per heavy atom. The van der Waals surface area contributed by atoms with Crippen LogP contribution in [0.25, 0.3) is 11.0 Å². The summed E-state index contributed by atoms with van der Waals surface area (Å²) >= 11 is 0. The Bertz CT molecular complexity index is 975. The van der Waals surface area contributed by atoms with Crippen LogP contribution < -0.4 is 5.32 Å². The summed E-state index contributed by atoms with van der Waals surface area (Å²) in [6, 6.07) is 17.0. The van der Waals surface area contributed by atoms with Gasteiger partial charge in [-0.25, -0.2) is 4.98 Å². The summed E-state index contributed by atoms with van der Waals surface area (Å²) in [4.78, 5) is 16.5. The number of hydrogen-bond acceptors (Lipinski definition) is 2. The second-order valence-electron chi connectivity index (χ2n) is 8.09. The number of carbonyl (C=O) groups excluding carboxylic acids is 1. The van der Waals surface area contributed by atoms with Crippen LogP contribution >= 0.6 is 0 Å². The lowest BCUT2D eigenvalue weighted by molar-refractivity contribution is -0.116. The molecule has 0 aliphatic rings. The van der Waals surface area contributed by atoms with Crippen LogP contribution in [0.5, 0.6) is 0 Å². The summed E-state index contributed by atoms with van der Waals surface area (Å²) in [5.74, 6) is 0.921. The Labute approximate surface area is 167 Å². The van der Waals surface area contributed by atoms with Crippen molar-refractivity contribution >= 4 is 16.9 Å². The zero-order valence-electron chi connectivity index (χ0n) is 17.2. The molecule has 3 rings (SSSR count). The topological polar surface area (TPSA) is 46.9 Å². The van der Waals surface area contributed by atoms with Crippen LogP contribution in [0.4, 0.5) is 0 Å². The van der Waals surface area contributed by atoms with Crippen molar-refractivity contribution < 1.29 is 4.79 Å². The number of allylic oxidation sites excluding steroid dienone is 1. The van der Waals surface area contributed by atoms with Gasteiger partial charge < -0.3 is 9.88 Å². The van der Waals surface area contributed by atoms with Crippen molar-refractivity contribution in [3.8, 4) is 0 Å². The summed E-state index contributed by atoms with van der Waals surface area (Å²) in [5, 5.41) is 2.91. The molecule has 0 spiro atoms. The van der Waals surface area contributed by atoms with E-state index in [1.807, 2.05) is 25.1 Å². The lowest BCUT2D eigenvalue weighted by Crippen LogP contribution is -2.24. The number of benzene rings is 2. The third kappa shape index (κ3) is 4.69. The van der Waals surface area contributed by atoms with E-state index < -0.39 is 0 Å². The van der Waals surface area contributed by atoms with Crippen molar-refractivity contribution in [2.45, 2.75) is 46.1 Å². The Hall–Kier alpha value is -2.88. The fourth-order valence-electron chi connectivity index (χ4n) is 3.29. The van der Waals surface area contributed by atoms with E-state index in [9.17, 15) is 4.79 Å². The number of imidazole rings is 1. The van der Waals surface area contributed by atoms with E-state index in [0.29, 0.717) is 13.0 Å². The van der Waals surface area contributed by atoms with Gasteiger partial charge in [0.2, 0.25) is 5.91 Å². The van der Waals surface area contributed by atoms with Crippen molar-refractivity contribution in [1.82, 2.24) is 14.9 Å². The molecule has 0 atom stereocenters. The van der Waals surface area contributed by atoms with Crippen molar-refractivity contribution in [3.05, 3.63) is 77.6 Å². The molecule has 1 amide bonds. The highest BCUT2D eigenvalue weighted by Gasteiger charge is 2.14. The first-order chi connectivity index (χ1) is 13.4. The number of aromatic nitrogens is 2. The van der Waals surface area contributed by atoms with Crippen molar-refractivity contribution in [1.29, 1.82) is 0 Å². The van der Waals surface area contributed by atoms with Crippen LogP contribution in [0.15, 0.2) is 60.7 Å². The molecule has 1 heterocycles. The van der Waals surface area contributed by atoms with Crippen molar-refractivity contribution in [3.63, 3.8) is 0 Å². The zero-order valence-corrected chi connectivity index (χ0v) is 17.2. The Kier molecular flexibility index (Phi) is 5.98. The summed E-state index contributed by atoms with van der Waals surface area (Å²) in [5.41, 5.74) is 4.84. The molecule has 0 unspecified atom stereocenters. The molecule has 4 nitrogen and oxygen atoms in total. The second kappa shape index (κ2) is 8.42. The van der Waals surface area contributed by atoms with Gasteiger partial charge in [-0.2, -0.15) is 0 Å². The first-order valence-electron chi connectivity index (χ1n) is 9.82. The van der Waals surface area contributed by atoms with Crippen LogP contribution in [-0.2, 0) is 23.2 Å². The molecule has 0 aliphatic carbocycles. The number of fused-ring (bicyclic) bond motifs is 1. The number of amides is 1. The number of carbonyl (C=O) groups is 1. The summed E-state index contributed by atoms with van der Waals surface area (Å²) in [7, 11) is 0. The molecule has 0 saturated heterocycles. The summed E-state index contributed by atoms with van der Waals surface area (Å²) in [6.07, 6.45) is 3.98. The number of nitrogens with zero attached hydrogens (tertiary/aromatic N) is 2. The summed E-state index contributed by atoms with van der Waals surface area (Å²) < 4.78 is 2.25. The lowest BCUT2D eigenvalue weighted by atomic mass is 9.87. The van der Waals surface area contributed by atoms with Crippen LogP contribution in [0, 0.1) is 0 Å². The highest BCUT2D eigenvalue weighted by molar-refractivity contribution is 5.87. The van der Waals surface area contributed by atoms with E-state index in [4.69, 9.17) is 4.98 Å². The van der Waals surface area contributed by atoms with Gasteiger partial charge >= 0.3 is 0 Å². The Morgan fingerprint density at radius 3 is 2.50 bits per heavy atom. The average Bonchev–Trinajstić information content (AvgIpc) is 2.99. The molecule has 4 heteroatoms. The molecule has 0 saturated carbocycles.